The minimum atomic E-state index is -1.02. The molecule has 0 aliphatic heterocycles. The van der Waals surface area contributed by atoms with Gasteiger partial charge in [-0.3, -0.25) is 4.79 Å². The van der Waals surface area contributed by atoms with Gasteiger partial charge in [-0.1, -0.05) is 47.5 Å². The molecule has 0 fully saturated rings. The molecule has 2 aromatic carbocycles. The number of carboxylic acid groups (broad SMARTS) is 1. The van der Waals surface area contributed by atoms with Crippen molar-refractivity contribution in [1.82, 2.24) is 5.32 Å². The van der Waals surface area contributed by atoms with Crippen LogP contribution in [0.3, 0.4) is 0 Å². The van der Waals surface area contributed by atoms with Crippen molar-refractivity contribution < 1.29 is 14.7 Å². The molecule has 0 aromatic heterocycles. The number of aryl methyl sites for hydroxylation is 3. The summed E-state index contributed by atoms with van der Waals surface area (Å²) >= 11 is 0. The minimum absolute atomic E-state index is 0.350. The molecule has 4 nitrogen and oxygen atoms in total. The van der Waals surface area contributed by atoms with E-state index in [-0.39, 0.29) is 5.91 Å². The second kappa shape index (κ2) is 7.58. The van der Waals surface area contributed by atoms with Crippen LogP contribution in [0.5, 0.6) is 0 Å². The maximum absolute atomic E-state index is 12.3. The maximum Gasteiger partial charge on any atom is 0.326 e. The number of hydrogen-bond acceptors (Lipinski definition) is 2. The largest absolute Gasteiger partial charge is 0.480 e. The van der Waals surface area contributed by atoms with E-state index in [9.17, 15) is 14.7 Å². The van der Waals surface area contributed by atoms with Crippen LogP contribution in [-0.4, -0.2) is 23.0 Å². The van der Waals surface area contributed by atoms with Crippen molar-refractivity contribution in [1.29, 1.82) is 0 Å². The zero-order chi connectivity index (χ0) is 16.8. The van der Waals surface area contributed by atoms with Crippen molar-refractivity contribution in [3.8, 4) is 0 Å². The van der Waals surface area contributed by atoms with Crippen molar-refractivity contribution in [2.75, 3.05) is 0 Å². The van der Waals surface area contributed by atoms with Gasteiger partial charge >= 0.3 is 5.97 Å². The average molecular weight is 311 g/mol. The molecule has 0 aliphatic carbocycles. The van der Waals surface area contributed by atoms with Crippen LogP contribution in [0.2, 0.25) is 0 Å². The summed E-state index contributed by atoms with van der Waals surface area (Å²) in [6.45, 7) is 3.82. The van der Waals surface area contributed by atoms with Crippen molar-refractivity contribution >= 4 is 11.9 Å². The summed E-state index contributed by atoms with van der Waals surface area (Å²) in [5.74, 6) is -1.36. The van der Waals surface area contributed by atoms with Crippen LogP contribution in [0.25, 0.3) is 0 Å². The fraction of sp³-hybridized carbons (Fsp3) is 0.263. The number of carbonyl (C=O) groups is 2. The Labute approximate surface area is 136 Å². The molecular formula is C19H21NO3. The van der Waals surface area contributed by atoms with Gasteiger partial charge in [-0.15, -0.1) is 0 Å². The smallest absolute Gasteiger partial charge is 0.326 e. The van der Waals surface area contributed by atoms with Gasteiger partial charge in [-0.25, -0.2) is 4.79 Å². The molecule has 1 amide bonds. The van der Waals surface area contributed by atoms with E-state index in [1.165, 1.54) is 0 Å². The highest BCUT2D eigenvalue weighted by atomic mass is 16.4. The maximum atomic E-state index is 12.3. The number of rotatable bonds is 6. The van der Waals surface area contributed by atoms with Crippen molar-refractivity contribution in [3.05, 3.63) is 70.8 Å². The molecule has 0 radical (unpaired) electrons. The van der Waals surface area contributed by atoms with Crippen LogP contribution < -0.4 is 5.32 Å². The lowest BCUT2D eigenvalue weighted by Crippen LogP contribution is -2.41. The predicted molar refractivity (Wildman–Crippen MR) is 89.6 cm³/mol. The highest BCUT2D eigenvalue weighted by Gasteiger charge is 2.20. The molecule has 4 heteroatoms. The third kappa shape index (κ3) is 4.95. The van der Waals surface area contributed by atoms with Gasteiger partial charge in [0, 0.05) is 5.56 Å². The first-order valence-electron chi connectivity index (χ1n) is 7.61. The average Bonchev–Trinajstić information content (AvgIpc) is 2.51. The van der Waals surface area contributed by atoms with Crippen molar-refractivity contribution in [3.63, 3.8) is 0 Å². The number of carbonyl (C=O) groups excluding carboxylic acids is 1. The van der Waals surface area contributed by atoms with E-state index in [1.54, 1.807) is 12.1 Å². The molecule has 120 valence electrons. The Morgan fingerprint density at radius 2 is 1.65 bits per heavy atom. The molecule has 0 saturated heterocycles. The number of aliphatic carboxylic acids is 1. The van der Waals surface area contributed by atoms with Crippen LogP contribution >= 0.6 is 0 Å². The van der Waals surface area contributed by atoms with Crippen molar-refractivity contribution in [2.24, 2.45) is 0 Å². The van der Waals surface area contributed by atoms with Crippen LogP contribution in [0.15, 0.2) is 48.5 Å². The molecule has 0 saturated carbocycles. The Kier molecular flexibility index (Phi) is 5.52. The van der Waals surface area contributed by atoms with Gasteiger partial charge in [0.15, 0.2) is 0 Å². The summed E-state index contributed by atoms with van der Waals surface area (Å²) in [5, 5.41) is 12.0. The number of amides is 1. The molecule has 23 heavy (non-hydrogen) atoms. The van der Waals surface area contributed by atoms with Gasteiger partial charge in [0.2, 0.25) is 0 Å². The van der Waals surface area contributed by atoms with E-state index < -0.39 is 12.0 Å². The number of benzene rings is 2. The molecule has 2 aromatic rings. The monoisotopic (exact) mass is 311 g/mol. The summed E-state index contributed by atoms with van der Waals surface area (Å²) in [4.78, 5) is 23.7. The number of hydrogen-bond donors (Lipinski definition) is 2. The van der Waals surface area contributed by atoms with E-state index in [0.717, 1.165) is 16.7 Å². The molecule has 0 spiro atoms. The highest BCUT2D eigenvalue weighted by molar-refractivity contribution is 5.96. The quantitative estimate of drug-likeness (QED) is 0.861. The molecule has 2 N–H and O–H groups in total. The zero-order valence-electron chi connectivity index (χ0n) is 13.4. The lowest BCUT2D eigenvalue weighted by Gasteiger charge is -2.15. The standard InChI is InChI=1S/C19H21NO3/c1-13-10-14(2)12-16(11-13)18(21)20-17(19(22)23)9-8-15-6-4-3-5-7-15/h3-7,10-12,17H,8-9H2,1-2H3,(H,20,21)(H,22,23)/t17-/m0/s1. The fourth-order valence-electron chi connectivity index (χ4n) is 2.56. The predicted octanol–water partition coefficient (Wildman–Crippen LogP) is 3.12. The van der Waals surface area contributed by atoms with Gasteiger partial charge in [-0.05, 0) is 44.4 Å². The molecule has 1 atom stereocenters. The Morgan fingerprint density at radius 1 is 1.04 bits per heavy atom. The Balaban J connectivity index is 2.04. The van der Waals surface area contributed by atoms with Crippen LogP contribution in [0.4, 0.5) is 0 Å². The zero-order valence-corrected chi connectivity index (χ0v) is 13.4. The minimum Gasteiger partial charge on any atom is -0.480 e. The SMILES string of the molecule is Cc1cc(C)cc(C(=O)N[C@@H](CCc2ccccc2)C(=O)O)c1. The Morgan fingerprint density at radius 3 is 2.22 bits per heavy atom. The summed E-state index contributed by atoms with van der Waals surface area (Å²) in [7, 11) is 0. The number of nitrogens with one attached hydrogen (secondary N) is 1. The molecule has 0 heterocycles. The first-order valence-corrected chi connectivity index (χ1v) is 7.61. The van der Waals surface area contributed by atoms with Gasteiger partial charge in [-0.2, -0.15) is 0 Å². The fourth-order valence-corrected chi connectivity index (χ4v) is 2.56. The van der Waals surface area contributed by atoms with Crippen LogP contribution in [0.1, 0.15) is 33.5 Å². The van der Waals surface area contributed by atoms with Crippen LogP contribution in [-0.2, 0) is 11.2 Å². The summed E-state index contributed by atoms with van der Waals surface area (Å²) < 4.78 is 0. The molecule has 0 unspecified atom stereocenters. The van der Waals surface area contributed by atoms with Crippen molar-refractivity contribution in [2.45, 2.75) is 32.7 Å². The lowest BCUT2D eigenvalue weighted by molar-refractivity contribution is -0.139. The van der Waals surface area contributed by atoms with E-state index in [0.29, 0.717) is 18.4 Å². The Hall–Kier alpha value is -2.62. The van der Waals surface area contributed by atoms with Gasteiger partial charge in [0.05, 0.1) is 0 Å². The topological polar surface area (TPSA) is 66.4 Å². The van der Waals surface area contributed by atoms with E-state index in [2.05, 4.69) is 5.32 Å². The summed E-state index contributed by atoms with van der Waals surface area (Å²) in [6.07, 6.45) is 0.959. The second-order valence-corrected chi connectivity index (χ2v) is 5.76. The highest BCUT2D eigenvalue weighted by Crippen LogP contribution is 2.10. The molecule has 0 aliphatic rings. The molecular weight excluding hydrogens is 290 g/mol. The third-order valence-electron chi connectivity index (χ3n) is 3.65. The van der Waals surface area contributed by atoms with E-state index in [4.69, 9.17) is 0 Å². The van der Waals surface area contributed by atoms with E-state index in [1.807, 2.05) is 50.2 Å². The summed E-state index contributed by atoms with van der Waals surface area (Å²) in [5.41, 5.74) is 3.51. The first kappa shape index (κ1) is 16.7. The Bertz CT molecular complexity index is 675. The molecule has 0 bridgehead atoms. The first-order chi connectivity index (χ1) is 11.0. The summed E-state index contributed by atoms with van der Waals surface area (Å²) in [6, 6.07) is 14.2. The van der Waals surface area contributed by atoms with Gasteiger partial charge < -0.3 is 10.4 Å². The third-order valence-corrected chi connectivity index (χ3v) is 3.65. The van der Waals surface area contributed by atoms with Gasteiger partial charge in [0.1, 0.15) is 6.04 Å². The lowest BCUT2D eigenvalue weighted by atomic mass is 10.0. The normalized spacial score (nSPS) is 11.7. The van der Waals surface area contributed by atoms with E-state index >= 15 is 0 Å². The van der Waals surface area contributed by atoms with Crippen LogP contribution in [0, 0.1) is 13.8 Å². The van der Waals surface area contributed by atoms with Gasteiger partial charge in [0.25, 0.3) is 5.91 Å². The molecule has 2 rings (SSSR count). The second-order valence-electron chi connectivity index (χ2n) is 5.76. The number of carboxylic acids is 1.